The normalized spacial score (nSPS) is 12.7. The monoisotopic (exact) mass is 700 g/mol. The molecule has 2 N–H and O–H groups in total. The van der Waals surface area contributed by atoms with Crippen LogP contribution in [0.4, 0.5) is 0 Å². The van der Waals surface area contributed by atoms with E-state index in [1.165, 1.54) is 38.5 Å². The number of hydrogen-bond donors (Lipinski definition) is 2. The van der Waals surface area contributed by atoms with Gasteiger partial charge in [-0.3, -0.25) is 18.8 Å². The maximum atomic E-state index is 11.9. The Kier molecular flexibility index (Phi) is 14.3. The highest BCUT2D eigenvalue weighted by Gasteiger charge is 2.27. The predicted octanol–water partition coefficient (Wildman–Crippen LogP) is 9.89. The van der Waals surface area contributed by atoms with Gasteiger partial charge in [-0.1, -0.05) is 92.8 Å². The SMILES string of the molecule is COP(=O)(OC)O/C(=C\Cl)c1cc(Cl)c(Cl)cc1Cl.O=P(O)(O)O/C(=C/Cl)c1cc(Cl)c(Cl)cc1Cl. The Morgan fingerprint density at radius 3 is 1.31 bits per heavy atom. The first kappa shape index (κ1) is 34.2. The maximum absolute atomic E-state index is 11.9. The molecule has 0 bridgehead atoms. The highest BCUT2D eigenvalue weighted by molar-refractivity contribution is 7.48. The van der Waals surface area contributed by atoms with Crippen LogP contribution >= 0.6 is 108 Å². The van der Waals surface area contributed by atoms with Crippen molar-refractivity contribution in [2.24, 2.45) is 0 Å². The molecular weight excluding hydrogens is 690 g/mol. The third kappa shape index (κ3) is 10.4. The van der Waals surface area contributed by atoms with Crippen molar-refractivity contribution in [2.45, 2.75) is 0 Å². The van der Waals surface area contributed by atoms with Gasteiger partial charge < -0.3 is 9.05 Å². The third-order valence-corrected chi connectivity index (χ3v) is 7.84. The smallest absolute Gasteiger partial charge is 0.403 e. The second kappa shape index (κ2) is 15.1. The molecule has 0 spiro atoms. The Bertz CT molecular complexity index is 1240. The third-order valence-electron chi connectivity index (χ3n) is 3.62. The molecule has 0 fully saturated rings. The highest BCUT2D eigenvalue weighted by Crippen LogP contribution is 2.52. The van der Waals surface area contributed by atoms with Crippen molar-refractivity contribution in [3.05, 3.63) is 76.6 Å². The van der Waals surface area contributed by atoms with Crippen LogP contribution in [0.5, 0.6) is 0 Å². The summed E-state index contributed by atoms with van der Waals surface area (Å²) in [4.78, 5) is 17.4. The summed E-state index contributed by atoms with van der Waals surface area (Å²) < 4.78 is 41.3. The molecule has 2 aromatic rings. The van der Waals surface area contributed by atoms with Crippen LogP contribution in [0.25, 0.3) is 11.5 Å². The van der Waals surface area contributed by atoms with Gasteiger partial charge in [0.05, 0.1) is 30.1 Å². The molecule has 0 atom stereocenters. The molecule has 200 valence electrons. The summed E-state index contributed by atoms with van der Waals surface area (Å²) in [5.74, 6) is -0.319. The van der Waals surface area contributed by atoms with E-state index in [1.54, 1.807) is 0 Å². The molecule has 0 aliphatic carbocycles. The van der Waals surface area contributed by atoms with Crippen LogP contribution in [0.2, 0.25) is 30.1 Å². The summed E-state index contributed by atoms with van der Waals surface area (Å²) in [5, 5.41) is 1.18. The Hall–Kier alpha value is 0.140. The fourth-order valence-corrected chi connectivity index (χ4v) is 4.90. The van der Waals surface area contributed by atoms with Gasteiger partial charge in [-0.2, -0.15) is 0 Å². The van der Waals surface area contributed by atoms with Crippen molar-refractivity contribution in [1.82, 2.24) is 0 Å². The average molecular weight is 704 g/mol. The van der Waals surface area contributed by atoms with E-state index in [1.807, 2.05) is 0 Å². The van der Waals surface area contributed by atoms with E-state index in [-0.39, 0.29) is 47.2 Å². The summed E-state index contributed by atoms with van der Waals surface area (Å²) in [5.41, 5.74) is 2.31. The molecular formula is C18H14Cl8O8P2. The second-order valence-corrected chi connectivity index (χ2v) is 11.8. The van der Waals surface area contributed by atoms with Gasteiger partial charge in [0.15, 0.2) is 11.5 Å². The molecule has 0 aliphatic heterocycles. The molecule has 0 aliphatic rings. The first-order chi connectivity index (χ1) is 16.6. The number of halogens is 8. The second-order valence-electron chi connectivity index (χ2n) is 5.92. The molecule has 36 heavy (non-hydrogen) atoms. The minimum absolute atomic E-state index is 0.0164. The summed E-state index contributed by atoms with van der Waals surface area (Å²) in [7, 11) is -6.15. The van der Waals surface area contributed by atoms with E-state index in [4.69, 9.17) is 107 Å². The number of phosphoric ester groups is 2. The Balaban J connectivity index is 0.000000362. The van der Waals surface area contributed by atoms with Crippen LogP contribution in [0.1, 0.15) is 11.1 Å². The van der Waals surface area contributed by atoms with Crippen LogP contribution in [0.3, 0.4) is 0 Å². The Morgan fingerprint density at radius 1 is 0.667 bits per heavy atom. The average Bonchev–Trinajstić information content (AvgIpc) is 2.80. The van der Waals surface area contributed by atoms with E-state index in [0.29, 0.717) is 5.56 Å². The van der Waals surface area contributed by atoms with Crippen LogP contribution in [-0.2, 0) is 27.2 Å². The maximum Gasteiger partial charge on any atom is 0.529 e. The van der Waals surface area contributed by atoms with Gasteiger partial charge in [0.25, 0.3) is 0 Å². The van der Waals surface area contributed by atoms with Gasteiger partial charge in [0.2, 0.25) is 0 Å². The van der Waals surface area contributed by atoms with Crippen molar-refractivity contribution in [3.63, 3.8) is 0 Å². The number of phosphoric acid groups is 2. The van der Waals surface area contributed by atoms with Crippen molar-refractivity contribution < 1.29 is 37.0 Å². The predicted molar refractivity (Wildman–Crippen MR) is 146 cm³/mol. The minimum Gasteiger partial charge on any atom is -0.403 e. The molecule has 0 amide bonds. The van der Waals surface area contributed by atoms with Gasteiger partial charge in [0.1, 0.15) is 0 Å². The molecule has 0 aromatic heterocycles. The largest absolute Gasteiger partial charge is 0.529 e. The van der Waals surface area contributed by atoms with Crippen molar-refractivity contribution in [1.29, 1.82) is 0 Å². The standard InChI is InChI=1S/C10H9Cl4O4P.C8H5Cl4O4P/c1-16-19(15,17-2)18-10(5-11)6-3-8(13)9(14)4-7(6)12;9-3-8(16-17(13,14)15)4-1-6(11)7(12)2-5(4)10/h3-5H,1-2H3;1-3H,(H2,13,14,15)/b10-5-;8-3+. The van der Waals surface area contributed by atoms with Crippen molar-refractivity contribution in [2.75, 3.05) is 14.2 Å². The first-order valence-corrected chi connectivity index (χ1v) is 14.8. The molecule has 2 aromatic carbocycles. The Labute approximate surface area is 246 Å². The molecule has 0 saturated heterocycles. The van der Waals surface area contributed by atoms with E-state index < -0.39 is 15.6 Å². The topological polar surface area (TPSA) is 112 Å². The van der Waals surface area contributed by atoms with Crippen LogP contribution < -0.4 is 0 Å². The number of hydrogen-bond acceptors (Lipinski definition) is 6. The van der Waals surface area contributed by atoms with E-state index >= 15 is 0 Å². The van der Waals surface area contributed by atoms with E-state index in [9.17, 15) is 9.13 Å². The summed E-state index contributed by atoms with van der Waals surface area (Å²) in [6.45, 7) is 0. The zero-order chi connectivity index (χ0) is 27.8. The van der Waals surface area contributed by atoms with Crippen LogP contribution in [0.15, 0.2) is 35.3 Å². The number of benzene rings is 2. The molecule has 0 unspecified atom stereocenters. The molecule has 0 radical (unpaired) electrons. The summed E-state index contributed by atoms with van der Waals surface area (Å²) in [6, 6.07) is 5.44. The van der Waals surface area contributed by atoms with E-state index in [2.05, 4.69) is 13.6 Å². The van der Waals surface area contributed by atoms with E-state index in [0.717, 1.165) is 11.1 Å². The van der Waals surface area contributed by atoms with Gasteiger partial charge in [0, 0.05) is 36.4 Å². The fourth-order valence-electron chi connectivity index (χ4n) is 2.08. The quantitative estimate of drug-likeness (QED) is 0.159. The summed E-state index contributed by atoms with van der Waals surface area (Å²) in [6.07, 6.45) is 0. The van der Waals surface area contributed by atoms with Crippen LogP contribution in [-0.4, -0.2) is 24.0 Å². The lowest BCUT2D eigenvalue weighted by Crippen LogP contribution is -1.96. The first-order valence-electron chi connectivity index (χ1n) is 8.68. The fraction of sp³-hybridized carbons (Fsp3) is 0.111. The van der Waals surface area contributed by atoms with Gasteiger partial charge in [-0.25, -0.2) is 9.13 Å². The zero-order valence-electron chi connectivity index (χ0n) is 17.7. The van der Waals surface area contributed by atoms with Gasteiger partial charge in [-0.15, -0.1) is 0 Å². The Morgan fingerprint density at radius 2 is 1.00 bits per heavy atom. The van der Waals surface area contributed by atoms with Crippen LogP contribution in [0, 0.1) is 0 Å². The van der Waals surface area contributed by atoms with Gasteiger partial charge >= 0.3 is 15.6 Å². The summed E-state index contributed by atoms with van der Waals surface area (Å²) >= 11 is 46.0. The molecule has 2 rings (SSSR count). The molecule has 0 heterocycles. The van der Waals surface area contributed by atoms with Gasteiger partial charge in [-0.05, 0) is 24.3 Å². The lowest BCUT2D eigenvalue weighted by atomic mass is 10.2. The molecule has 18 heteroatoms. The highest BCUT2D eigenvalue weighted by atomic mass is 35.5. The lowest BCUT2D eigenvalue weighted by Gasteiger charge is -2.17. The van der Waals surface area contributed by atoms with Crippen molar-refractivity contribution >= 4 is 120 Å². The lowest BCUT2D eigenvalue weighted by molar-refractivity contribution is 0.201. The minimum atomic E-state index is -4.74. The number of rotatable bonds is 8. The van der Waals surface area contributed by atoms with Crippen molar-refractivity contribution in [3.8, 4) is 0 Å². The molecule has 0 saturated carbocycles. The molecule has 8 nitrogen and oxygen atoms in total. The zero-order valence-corrected chi connectivity index (χ0v) is 25.6.